The molecule has 0 spiro atoms. The summed E-state index contributed by atoms with van der Waals surface area (Å²) in [4.78, 5) is 30.9. The van der Waals surface area contributed by atoms with E-state index in [1.165, 1.54) is 16.7 Å². The largest absolute Gasteiger partial charge is 0.335 e. The maximum Gasteiger partial charge on any atom is 0.247 e. The lowest BCUT2D eigenvalue weighted by molar-refractivity contribution is -0.121. The van der Waals surface area contributed by atoms with Crippen molar-refractivity contribution >= 4 is 51.7 Å². The number of carbonyl (C=O) groups is 2. The van der Waals surface area contributed by atoms with E-state index in [2.05, 4.69) is 10.3 Å². The molecule has 5 nitrogen and oxygen atoms in total. The first-order valence-corrected chi connectivity index (χ1v) is 9.91. The van der Waals surface area contributed by atoms with E-state index in [4.69, 9.17) is 11.6 Å². The smallest absolute Gasteiger partial charge is 0.247 e. The van der Waals surface area contributed by atoms with Gasteiger partial charge in [-0.15, -0.1) is 0 Å². The lowest BCUT2D eigenvalue weighted by Gasteiger charge is -2.16. The lowest BCUT2D eigenvalue weighted by atomic mass is 10.2. The number of amides is 2. The molecule has 0 aliphatic carbocycles. The number of carbonyl (C=O) groups excluding carboxylic acids is 2. The highest BCUT2D eigenvalue weighted by Crippen LogP contribution is 2.31. The van der Waals surface area contributed by atoms with Gasteiger partial charge in [-0.3, -0.25) is 14.6 Å². The highest BCUT2D eigenvalue weighted by molar-refractivity contribution is 8.15. The maximum atomic E-state index is 12.8. The summed E-state index contributed by atoms with van der Waals surface area (Å²) in [5, 5.41) is 3.96. The van der Waals surface area contributed by atoms with Gasteiger partial charge in [-0.1, -0.05) is 47.6 Å². The standard InChI is InChI=1S/C20H20ClN3O2S/c1-3-22-20(23-14-10-9-13(2)16(21)11-14)27-17-12-18(25)24(19(17)26)15-7-5-4-6-8-15/h4-11,17H,3,12H2,1-2H3,(H,22,23)/t17-/m0/s1. The Balaban J connectivity index is 1.75. The molecule has 0 unspecified atom stereocenters. The van der Waals surface area contributed by atoms with Gasteiger partial charge in [0.25, 0.3) is 0 Å². The molecule has 1 aliphatic heterocycles. The number of rotatable bonds is 4. The summed E-state index contributed by atoms with van der Waals surface area (Å²) in [5.41, 5.74) is 2.38. The molecule has 1 aliphatic rings. The van der Waals surface area contributed by atoms with Gasteiger partial charge in [0.15, 0.2) is 5.17 Å². The summed E-state index contributed by atoms with van der Waals surface area (Å²) in [6.07, 6.45) is 0.150. The Morgan fingerprint density at radius 3 is 2.67 bits per heavy atom. The first-order chi connectivity index (χ1) is 13.0. The minimum absolute atomic E-state index is 0.150. The van der Waals surface area contributed by atoms with Crippen molar-refractivity contribution in [3.8, 4) is 0 Å². The first-order valence-electron chi connectivity index (χ1n) is 8.65. The number of hydrogen-bond acceptors (Lipinski definition) is 4. The summed E-state index contributed by atoms with van der Waals surface area (Å²) in [6, 6.07) is 14.6. The zero-order valence-corrected chi connectivity index (χ0v) is 16.7. The minimum Gasteiger partial charge on any atom is -0.335 e. The van der Waals surface area contributed by atoms with Crippen molar-refractivity contribution in [2.75, 3.05) is 16.8 Å². The molecule has 0 saturated carbocycles. The Bertz CT molecular complexity index is 886. The maximum absolute atomic E-state index is 12.8. The van der Waals surface area contributed by atoms with Crippen molar-refractivity contribution in [3.63, 3.8) is 0 Å². The van der Waals surface area contributed by atoms with Crippen LogP contribution >= 0.6 is 23.4 Å². The van der Waals surface area contributed by atoms with E-state index in [9.17, 15) is 9.59 Å². The van der Waals surface area contributed by atoms with Crippen LogP contribution in [0.5, 0.6) is 0 Å². The van der Waals surface area contributed by atoms with Crippen LogP contribution < -0.4 is 10.2 Å². The van der Waals surface area contributed by atoms with Crippen LogP contribution in [0.25, 0.3) is 0 Å². The number of nitrogens with zero attached hydrogens (tertiary/aromatic N) is 2. The van der Waals surface area contributed by atoms with Gasteiger partial charge in [-0.05, 0) is 43.7 Å². The van der Waals surface area contributed by atoms with Gasteiger partial charge in [0.1, 0.15) is 5.25 Å². The third-order valence-corrected chi connectivity index (χ3v) is 5.61. The zero-order valence-electron chi connectivity index (χ0n) is 15.1. The summed E-state index contributed by atoms with van der Waals surface area (Å²) < 4.78 is 0. The second-order valence-electron chi connectivity index (χ2n) is 6.08. The summed E-state index contributed by atoms with van der Waals surface area (Å²) in [6.45, 7) is 4.41. The number of thioether (sulfide) groups is 1. The van der Waals surface area contributed by atoms with Crippen LogP contribution in [0.4, 0.5) is 11.4 Å². The summed E-state index contributed by atoms with van der Waals surface area (Å²) in [5.74, 6) is -0.415. The van der Waals surface area contributed by atoms with Crippen LogP contribution in [-0.4, -0.2) is 28.8 Å². The Morgan fingerprint density at radius 2 is 2.00 bits per heavy atom. The molecule has 3 rings (SSSR count). The van der Waals surface area contributed by atoms with Gasteiger partial charge in [0, 0.05) is 23.7 Å². The summed E-state index contributed by atoms with van der Waals surface area (Å²) in [7, 11) is 0. The number of hydrogen-bond donors (Lipinski definition) is 1. The molecule has 1 heterocycles. The van der Waals surface area contributed by atoms with Crippen molar-refractivity contribution in [2.45, 2.75) is 25.5 Å². The number of aliphatic imine (C=N–C) groups is 1. The molecular weight excluding hydrogens is 382 g/mol. The molecule has 140 valence electrons. The molecule has 1 fully saturated rings. The Kier molecular flexibility index (Phi) is 6.19. The summed E-state index contributed by atoms with van der Waals surface area (Å²) >= 11 is 7.46. The van der Waals surface area contributed by atoms with E-state index in [0.29, 0.717) is 22.4 Å². The fraction of sp³-hybridized carbons (Fsp3) is 0.250. The van der Waals surface area contributed by atoms with Gasteiger partial charge >= 0.3 is 0 Å². The molecule has 7 heteroatoms. The number of para-hydroxylation sites is 1. The number of aryl methyl sites for hydroxylation is 1. The van der Waals surface area contributed by atoms with E-state index >= 15 is 0 Å². The van der Waals surface area contributed by atoms with Crippen molar-refractivity contribution < 1.29 is 9.59 Å². The number of benzene rings is 2. The van der Waals surface area contributed by atoms with Gasteiger partial charge < -0.3 is 5.32 Å². The third-order valence-electron chi connectivity index (χ3n) is 4.10. The number of amidine groups is 1. The predicted octanol–water partition coefficient (Wildman–Crippen LogP) is 4.50. The topological polar surface area (TPSA) is 61.8 Å². The highest BCUT2D eigenvalue weighted by atomic mass is 35.5. The fourth-order valence-electron chi connectivity index (χ4n) is 2.72. The van der Waals surface area contributed by atoms with Gasteiger partial charge in [-0.2, -0.15) is 0 Å². The second-order valence-corrected chi connectivity index (χ2v) is 7.68. The van der Waals surface area contributed by atoms with Crippen LogP contribution in [0.15, 0.2) is 53.5 Å². The predicted molar refractivity (Wildman–Crippen MR) is 113 cm³/mol. The molecule has 2 aromatic carbocycles. The SMILES string of the molecule is CCN=C(Nc1ccc(C)c(Cl)c1)S[C@H]1CC(=O)N(c2ccccc2)C1=O. The molecular formula is C20H20ClN3O2S. The van der Waals surface area contributed by atoms with Crippen LogP contribution in [0.1, 0.15) is 18.9 Å². The molecule has 0 bridgehead atoms. The van der Waals surface area contributed by atoms with Gasteiger partial charge in [0.05, 0.1) is 5.69 Å². The fourth-order valence-corrected chi connectivity index (χ4v) is 3.99. The Labute approximate surface area is 167 Å². The van der Waals surface area contributed by atoms with Crippen molar-refractivity contribution in [2.24, 2.45) is 4.99 Å². The molecule has 2 aromatic rings. The van der Waals surface area contributed by atoms with E-state index in [1.807, 2.05) is 50.2 Å². The van der Waals surface area contributed by atoms with E-state index < -0.39 is 5.25 Å². The second kappa shape index (κ2) is 8.59. The zero-order chi connectivity index (χ0) is 19.4. The number of imide groups is 1. The quantitative estimate of drug-likeness (QED) is 0.465. The van der Waals surface area contributed by atoms with Crippen molar-refractivity contribution in [1.82, 2.24) is 0 Å². The molecule has 0 aromatic heterocycles. The van der Waals surface area contributed by atoms with E-state index in [1.54, 1.807) is 12.1 Å². The average Bonchev–Trinajstić information content (AvgIpc) is 2.92. The third kappa shape index (κ3) is 4.51. The van der Waals surface area contributed by atoms with Gasteiger partial charge in [0.2, 0.25) is 11.8 Å². The van der Waals surface area contributed by atoms with E-state index in [-0.39, 0.29) is 18.2 Å². The molecule has 1 atom stereocenters. The minimum atomic E-state index is -0.503. The normalized spacial score (nSPS) is 17.5. The van der Waals surface area contributed by atoms with Crippen LogP contribution in [0.3, 0.4) is 0 Å². The molecule has 1 N–H and O–H groups in total. The first kappa shape index (κ1) is 19.5. The number of halogens is 1. The molecule has 0 radical (unpaired) electrons. The van der Waals surface area contributed by atoms with Crippen molar-refractivity contribution in [3.05, 3.63) is 59.1 Å². The highest BCUT2D eigenvalue weighted by Gasteiger charge is 2.40. The molecule has 2 amide bonds. The van der Waals surface area contributed by atoms with Gasteiger partial charge in [-0.25, -0.2) is 4.90 Å². The Morgan fingerprint density at radius 1 is 1.26 bits per heavy atom. The molecule has 1 saturated heterocycles. The lowest BCUT2D eigenvalue weighted by Crippen LogP contribution is -2.31. The monoisotopic (exact) mass is 401 g/mol. The van der Waals surface area contributed by atoms with Crippen LogP contribution in [-0.2, 0) is 9.59 Å². The van der Waals surface area contributed by atoms with Crippen molar-refractivity contribution in [1.29, 1.82) is 0 Å². The average molecular weight is 402 g/mol. The van der Waals surface area contributed by atoms with E-state index in [0.717, 1.165) is 11.3 Å². The Hall–Kier alpha value is -2.31. The number of anilines is 2. The van der Waals surface area contributed by atoms with Crippen LogP contribution in [0, 0.1) is 6.92 Å². The number of nitrogens with one attached hydrogen (secondary N) is 1. The molecule has 27 heavy (non-hydrogen) atoms. The van der Waals surface area contributed by atoms with Crippen LogP contribution in [0.2, 0.25) is 5.02 Å².